The van der Waals surface area contributed by atoms with Crippen molar-refractivity contribution < 1.29 is 28.7 Å². The number of nitrogens with zero attached hydrogens (tertiary/aromatic N) is 2. The smallest absolute Gasteiger partial charge is 0.326 e. The largest absolute Gasteiger partial charge is 0.480 e. The third-order valence-corrected chi connectivity index (χ3v) is 9.75. The summed E-state index contributed by atoms with van der Waals surface area (Å²) in [7, 11) is -2.03. The quantitative estimate of drug-likeness (QED) is 0.490. The maximum absolute atomic E-state index is 12.3. The molecule has 1 aliphatic rings. The number of carboxylic acid groups (broad SMARTS) is 1. The van der Waals surface area contributed by atoms with Crippen molar-refractivity contribution in [2.45, 2.75) is 58.3 Å². The van der Waals surface area contributed by atoms with E-state index in [0.717, 1.165) is 4.90 Å². The van der Waals surface area contributed by atoms with Gasteiger partial charge < -0.3 is 19.7 Å². The van der Waals surface area contributed by atoms with E-state index >= 15 is 0 Å². The number of hydrogen-bond acceptors (Lipinski definition) is 5. The van der Waals surface area contributed by atoms with E-state index in [1.54, 1.807) is 6.92 Å². The third kappa shape index (κ3) is 5.77. The first kappa shape index (κ1) is 23.1. The number of rotatable bonds is 7. The van der Waals surface area contributed by atoms with E-state index in [0.29, 0.717) is 6.54 Å². The summed E-state index contributed by atoms with van der Waals surface area (Å²) < 4.78 is 5.95. The Morgan fingerprint density at radius 2 is 1.81 bits per heavy atom. The van der Waals surface area contributed by atoms with Gasteiger partial charge in [0.25, 0.3) is 0 Å². The molecule has 10 heteroatoms. The molecule has 1 fully saturated rings. The average molecular weight is 402 g/mol. The molecular weight excluding hydrogens is 370 g/mol. The summed E-state index contributed by atoms with van der Waals surface area (Å²) in [6, 6.07) is -2.07. The Morgan fingerprint density at radius 3 is 2.30 bits per heavy atom. The molecule has 1 heterocycles. The second kappa shape index (κ2) is 8.83. The van der Waals surface area contributed by atoms with Crippen molar-refractivity contribution in [2.75, 3.05) is 26.2 Å². The maximum Gasteiger partial charge on any atom is 0.326 e. The Kier molecular flexibility index (Phi) is 7.55. The first-order valence-corrected chi connectivity index (χ1v) is 12.0. The Labute approximate surface area is 161 Å². The van der Waals surface area contributed by atoms with Crippen LogP contribution in [0.25, 0.3) is 0 Å². The Hall–Kier alpha value is -1.94. The van der Waals surface area contributed by atoms with Gasteiger partial charge in [0.05, 0.1) is 0 Å². The second-order valence-electron chi connectivity index (χ2n) is 8.08. The van der Waals surface area contributed by atoms with E-state index in [9.17, 15) is 24.3 Å². The summed E-state index contributed by atoms with van der Waals surface area (Å²) in [4.78, 5) is 49.8. The van der Waals surface area contributed by atoms with Crippen LogP contribution in [0.1, 0.15) is 34.1 Å². The van der Waals surface area contributed by atoms with Gasteiger partial charge in [0.15, 0.2) is 8.32 Å². The molecule has 0 aromatic carbocycles. The van der Waals surface area contributed by atoms with Gasteiger partial charge in [-0.3, -0.25) is 14.5 Å². The molecule has 1 atom stereocenters. The number of piperazine rings is 1. The van der Waals surface area contributed by atoms with Gasteiger partial charge in [0.2, 0.25) is 0 Å². The fourth-order valence-electron chi connectivity index (χ4n) is 2.30. The molecule has 0 spiro atoms. The first-order chi connectivity index (χ1) is 12.3. The van der Waals surface area contributed by atoms with Crippen LogP contribution in [0.4, 0.5) is 4.79 Å². The lowest BCUT2D eigenvalue weighted by molar-refractivity contribution is -0.153. The highest BCUT2D eigenvalue weighted by atomic mass is 28.4. The lowest BCUT2D eigenvalue weighted by Crippen LogP contribution is -2.59. The highest BCUT2D eigenvalue weighted by molar-refractivity contribution is 6.74. The number of likely N-dealkylation sites (N-methyl/N-ethyl adjacent to an activating group) is 1. The Bertz CT molecular complexity index is 602. The van der Waals surface area contributed by atoms with Gasteiger partial charge in [0.1, 0.15) is 6.04 Å². The fraction of sp³-hybridized carbons (Fsp3) is 0.765. The average Bonchev–Trinajstić information content (AvgIpc) is 2.54. The van der Waals surface area contributed by atoms with E-state index in [1.807, 2.05) is 0 Å². The molecule has 4 amide bonds. The Balaban J connectivity index is 2.67. The van der Waals surface area contributed by atoms with Gasteiger partial charge in [-0.2, -0.15) is 0 Å². The number of nitrogens with one attached hydrogen (secondary N) is 1. The predicted octanol–water partition coefficient (Wildman–Crippen LogP) is 1.25. The minimum absolute atomic E-state index is 0.0132. The molecule has 27 heavy (non-hydrogen) atoms. The molecule has 0 saturated carbocycles. The van der Waals surface area contributed by atoms with E-state index in [2.05, 4.69) is 39.2 Å². The highest BCUT2D eigenvalue weighted by Crippen LogP contribution is 2.36. The lowest BCUT2D eigenvalue weighted by Gasteiger charge is -2.36. The topological polar surface area (TPSA) is 116 Å². The molecule has 1 saturated heterocycles. The zero-order valence-electron chi connectivity index (χ0n) is 17.0. The maximum atomic E-state index is 12.3. The molecule has 0 aromatic rings. The summed E-state index contributed by atoms with van der Waals surface area (Å²) in [6.07, 6.45) is 0.0741. The molecule has 154 valence electrons. The van der Waals surface area contributed by atoms with Gasteiger partial charge in [-0.15, -0.1) is 0 Å². The number of amides is 4. The molecule has 0 unspecified atom stereocenters. The molecule has 0 radical (unpaired) electrons. The first-order valence-electron chi connectivity index (χ1n) is 9.10. The van der Waals surface area contributed by atoms with Crippen LogP contribution >= 0.6 is 0 Å². The molecule has 9 nitrogen and oxygen atoms in total. The normalized spacial score (nSPS) is 17.1. The molecule has 0 bridgehead atoms. The second-order valence-corrected chi connectivity index (χ2v) is 12.9. The Morgan fingerprint density at radius 1 is 1.22 bits per heavy atom. The van der Waals surface area contributed by atoms with Crippen LogP contribution in [-0.4, -0.2) is 79.3 Å². The van der Waals surface area contributed by atoms with Crippen LogP contribution in [0, 0.1) is 0 Å². The summed E-state index contributed by atoms with van der Waals surface area (Å²) in [5, 5.41) is 11.7. The number of carbonyl (C=O) groups excluding carboxylic acids is 3. The number of carbonyl (C=O) groups is 4. The molecule has 1 aliphatic heterocycles. The zero-order valence-corrected chi connectivity index (χ0v) is 18.0. The summed E-state index contributed by atoms with van der Waals surface area (Å²) in [6.45, 7) is 12.9. The van der Waals surface area contributed by atoms with Gasteiger partial charge >= 0.3 is 23.8 Å². The van der Waals surface area contributed by atoms with Gasteiger partial charge in [-0.1, -0.05) is 20.8 Å². The van der Waals surface area contributed by atoms with E-state index < -0.39 is 38.2 Å². The standard InChI is InChI=1S/C17H31N3O6Si/c1-7-19-9-10-20(14(22)13(19)21)16(25)18-12(15(23)24)8-11-26-27(5,6)17(2,3)4/h12H,7-11H2,1-6H3,(H,18,25)(H,23,24)/t12-/m1/s1. The highest BCUT2D eigenvalue weighted by Gasteiger charge is 2.38. The van der Waals surface area contributed by atoms with E-state index in [1.165, 1.54) is 4.90 Å². The zero-order chi connectivity index (χ0) is 21.0. The summed E-state index contributed by atoms with van der Waals surface area (Å²) in [5.41, 5.74) is 0. The van der Waals surface area contributed by atoms with Crippen LogP contribution in [0.2, 0.25) is 18.1 Å². The van der Waals surface area contributed by atoms with Crippen LogP contribution in [0.5, 0.6) is 0 Å². The molecule has 1 rings (SSSR count). The number of urea groups is 1. The summed E-state index contributed by atoms with van der Waals surface area (Å²) >= 11 is 0. The van der Waals surface area contributed by atoms with Crippen molar-refractivity contribution in [2.24, 2.45) is 0 Å². The van der Waals surface area contributed by atoms with Crippen LogP contribution in [0.3, 0.4) is 0 Å². The summed E-state index contributed by atoms with van der Waals surface area (Å²) in [5.74, 6) is -2.91. The molecule has 0 aliphatic carbocycles. The van der Waals surface area contributed by atoms with Crippen LogP contribution < -0.4 is 5.32 Å². The van der Waals surface area contributed by atoms with Crippen molar-refractivity contribution in [3.05, 3.63) is 0 Å². The number of aliphatic carboxylic acids is 1. The lowest BCUT2D eigenvalue weighted by atomic mass is 10.2. The van der Waals surface area contributed by atoms with Gasteiger partial charge in [-0.05, 0) is 25.1 Å². The SMILES string of the molecule is CCN1CCN(C(=O)N[C@H](CCO[Si](C)(C)C(C)(C)C)C(=O)O)C(=O)C1=O. The monoisotopic (exact) mass is 401 g/mol. The van der Waals surface area contributed by atoms with Crippen molar-refractivity contribution in [3.63, 3.8) is 0 Å². The predicted molar refractivity (Wildman–Crippen MR) is 102 cm³/mol. The van der Waals surface area contributed by atoms with E-state index in [-0.39, 0.29) is 31.2 Å². The molecular formula is C17H31N3O6Si. The van der Waals surface area contributed by atoms with Crippen molar-refractivity contribution in [1.82, 2.24) is 15.1 Å². The number of imide groups is 1. The number of carboxylic acids is 1. The van der Waals surface area contributed by atoms with Crippen molar-refractivity contribution >= 4 is 32.1 Å². The fourth-order valence-corrected chi connectivity index (χ4v) is 3.36. The number of hydrogen-bond donors (Lipinski definition) is 2. The van der Waals surface area contributed by atoms with Crippen LogP contribution in [-0.2, 0) is 18.8 Å². The minimum Gasteiger partial charge on any atom is -0.480 e. The minimum atomic E-state index is -2.03. The third-order valence-electron chi connectivity index (χ3n) is 5.21. The molecule has 2 N–H and O–H groups in total. The van der Waals surface area contributed by atoms with Gasteiger partial charge in [0, 0.05) is 32.7 Å². The molecule has 0 aromatic heterocycles. The van der Waals surface area contributed by atoms with E-state index in [4.69, 9.17) is 4.43 Å². The van der Waals surface area contributed by atoms with Crippen molar-refractivity contribution in [3.8, 4) is 0 Å². The van der Waals surface area contributed by atoms with Crippen molar-refractivity contribution in [1.29, 1.82) is 0 Å². The van der Waals surface area contributed by atoms with Gasteiger partial charge in [-0.25, -0.2) is 9.59 Å². The van der Waals surface area contributed by atoms with Crippen LogP contribution in [0.15, 0.2) is 0 Å².